The lowest BCUT2D eigenvalue weighted by molar-refractivity contribution is 0.0946. The second kappa shape index (κ2) is 8.09. The maximum Gasteiger partial charge on any atom is 0.326 e. The van der Waals surface area contributed by atoms with Gasteiger partial charge in [0.1, 0.15) is 11.5 Å². The first-order chi connectivity index (χ1) is 14.1. The summed E-state index contributed by atoms with van der Waals surface area (Å²) in [6.45, 7) is 1.71. The molecule has 0 spiro atoms. The summed E-state index contributed by atoms with van der Waals surface area (Å²) < 4.78 is 13.0. The predicted molar refractivity (Wildman–Crippen MR) is 104 cm³/mol. The van der Waals surface area contributed by atoms with Gasteiger partial charge in [-0.3, -0.25) is 19.8 Å². The highest BCUT2D eigenvalue weighted by atomic mass is 19.1. The Morgan fingerprint density at radius 2 is 2.00 bits per heavy atom. The molecule has 1 fully saturated rings. The zero-order valence-corrected chi connectivity index (χ0v) is 15.5. The molecule has 0 bridgehead atoms. The first kappa shape index (κ1) is 18.6. The summed E-state index contributed by atoms with van der Waals surface area (Å²) in [5, 5.41) is 9.57. The zero-order valence-electron chi connectivity index (χ0n) is 15.5. The molecular weight excluding hydrogens is 375 g/mol. The van der Waals surface area contributed by atoms with Gasteiger partial charge in [0.05, 0.1) is 0 Å². The standard InChI is InChI=1S/C20H19FN6O2/c21-16-5-3-14(4-6-16)13-26-8-9-27(20(26)29)18-10-17(24-25-18)19(28)23-12-15-2-1-7-22-11-15/h1-7,10-11H,8-9,12-13H2,(H,23,28)(H,24,25). The molecule has 0 unspecified atom stereocenters. The number of halogens is 1. The number of rotatable bonds is 6. The second-order valence-electron chi connectivity index (χ2n) is 6.67. The average molecular weight is 394 g/mol. The van der Waals surface area contributed by atoms with Crippen LogP contribution >= 0.6 is 0 Å². The molecule has 3 heterocycles. The van der Waals surface area contributed by atoms with Crippen molar-refractivity contribution in [3.63, 3.8) is 0 Å². The van der Waals surface area contributed by atoms with Gasteiger partial charge < -0.3 is 10.2 Å². The number of nitrogens with zero attached hydrogens (tertiary/aromatic N) is 4. The Hall–Kier alpha value is -3.75. The molecule has 8 nitrogen and oxygen atoms in total. The number of benzene rings is 1. The summed E-state index contributed by atoms with van der Waals surface area (Å²) in [5.41, 5.74) is 2.00. The number of nitrogens with one attached hydrogen (secondary N) is 2. The van der Waals surface area contributed by atoms with Crippen LogP contribution in [0, 0.1) is 5.82 Å². The van der Waals surface area contributed by atoms with Gasteiger partial charge in [0, 0.05) is 44.6 Å². The van der Waals surface area contributed by atoms with Crippen LogP contribution in [0.15, 0.2) is 54.9 Å². The smallest absolute Gasteiger partial charge is 0.326 e. The van der Waals surface area contributed by atoms with Gasteiger partial charge in [-0.2, -0.15) is 5.10 Å². The van der Waals surface area contributed by atoms with E-state index in [4.69, 9.17) is 0 Å². The van der Waals surface area contributed by atoms with E-state index in [0.29, 0.717) is 32.0 Å². The third kappa shape index (κ3) is 4.23. The van der Waals surface area contributed by atoms with Crippen LogP contribution in [0.5, 0.6) is 0 Å². The molecule has 1 aliphatic heterocycles. The molecule has 2 N–H and O–H groups in total. The minimum atomic E-state index is -0.317. The number of amides is 3. The number of H-pyrrole nitrogens is 1. The van der Waals surface area contributed by atoms with E-state index >= 15 is 0 Å². The average Bonchev–Trinajstić information content (AvgIpc) is 3.36. The van der Waals surface area contributed by atoms with Crippen LogP contribution < -0.4 is 10.2 Å². The number of carbonyl (C=O) groups is 2. The summed E-state index contributed by atoms with van der Waals surface area (Å²) in [4.78, 5) is 32.2. The van der Waals surface area contributed by atoms with E-state index in [0.717, 1.165) is 11.1 Å². The molecule has 1 saturated heterocycles. The number of aromatic amines is 1. The highest BCUT2D eigenvalue weighted by Crippen LogP contribution is 2.20. The molecule has 3 aromatic rings. The van der Waals surface area contributed by atoms with Crippen molar-refractivity contribution in [3.05, 3.63) is 77.5 Å². The van der Waals surface area contributed by atoms with Crippen LogP contribution in [0.1, 0.15) is 21.6 Å². The maximum absolute atomic E-state index is 13.0. The highest BCUT2D eigenvalue weighted by Gasteiger charge is 2.31. The lowest BCUT2D eigenvalue weighted by Crippen LogP contribution is -2.31. The minimum absolute atomic E-state index is 0.205. The molecule has 148 valence electrons. The van der Waals surface area contributed by atoms with E-state index in [9.17, 15) is 14.0 Å². The molecule has 2 aromatic heterocycles. The lowest BCUT2D eigenvalue weighted by atomic mass is 10.2. The van der Waals surface area contributed by atoms with Crippen LogP contribution in [0.2, 0.25) is 0 Å². The molecule has 3 amide bonds. The van der Waals surface area contributed by atoms with Crippen molar-refractivity contribution in [1.29, 1.82) is 0 Å². The Morgan fingerprint density at radius 1 is 1.17 bits per heavy atom. The number of anilines is 1. The normalized spacial score (nSPS) is 13.8. The topological polar surface area (TPSA) is 94.2 Å². The molecule has 0 aliphatic carbocycles. The van der Waals surface area contributed by atoms with Crippen molar-refractivity contribution < 1.29 is 14.0 Å². The van der Waals surface area contributed by atoms with Crippen LogP contribution in [-0.4, -0.2) is 45.1 Å². The Balaban J connectivity index is 1.37. The van der Waals surface area contributed by atoms with Gasteiger partial charge in [-0.05, 0) is 29.3 Å². The van der Waals surface area contributed by atoms with Gasteiger partial charge in [-0.15, -0.1) is 0 Å². The van der Waals surface area contributed by atoms with Crippen LogP contribution in [0.4, 0.5) is 15.0 Å². The van der Waals surface area contributed by atoms with Crippen LogP contribution in [0.25, 0.3) is 0 Å². The molecule has 9 heteroatoms. The third-order valence-electron chi connectivity index (χ3n) is 4.64. The van der Waals surface area contributed by atoms with Gasteiger partial charge in [-0.25, -0.2) is 9.18 Å². The van der Waals surface area contributed by atoms with E-state index in [1.807, 2.05) is 6.07 Å². The fourth-order valence-electron chi connectivity index (χ4n) is 3.10. The fourth-order valence-corrected chi connectivity index (χ4v) is 3.10. The summed E-state index contributed by atoms with van der Waals surface area (Å²) in [5.74, 6) is -0.237. The van der Waals surface area contributed by atoms with Crippen molar-refractivity contribution in [2.45, 2.75) is 13.1 Å². The van der Waals surface area contributed by atoms with Crippen LogP contribution in [-0.2, 0) is 13.1 Å². The first-order valence-electron chi connectivity index (χ1n) is 9.13. The molecule has 29 heavy (non-hydrogen) atoms. The summed E-state index contributed by atoms with van der Waals surface area (Å²) >= 11 is 0. The maximum atomic E-state index is 13.0. The van der Waals surface area contributed by atoms with E-state index in [1.165, 1.54) is 17.0 Å². The summed E-state index contributed by atoms with van der Waals surface area (Å²) in [7, 11) is 0. The van der Waals surface area contributed by atoms with Crippen LogP contribution in [0.3, 0.4) is 0 Å². The number of pyridine rings is 1. The third-order valence-corrected chi connectivity index (χ3v) is 4.64. The van der Waals surface area contributed by atoms with Gasteiger partial charge in [0.15, 0.2) is 5.82 Å². The van der Waals surface area contributed by atoms with Crippen molar-refractivity contribution in [2.75, 3.05) is 18.0 Å². The van der Waals surface area contributed by atoms with Gasteiger partial charge in [-0.1, -0.05) is 18.2 Å². The van der Waals surface area contributed by atoms with E-state index < -0.39 is 0 Å². The number of hydrogen-bond acceptors (Lipinski definition) is 4. The largest absolute Gasteiger partial charge is 0.347 e. The number of carbonyl (C=O) groups excluding carboxylic acids is 2. The molecule has 0 radical (unpaired) electrons. The molecule has 0 saturated carbocycles. The van der Waals surface area contributed by atoms with Gasteiger partial charge >= 0.3 is 6.03 Å². The van der Waals surface area contributed by atoms with Gasteiger partial charge in [0.25, 0.3) is 5.91 Å². The first-order valence-corrected chi connectivity index (χ1v) is 9.13. The molecule has 1 aromatic carbocycles. The highest BCUT2D eigenvalue weighted by molar-refractivity contribution is 5.96. The monoisotopic (exact) mass is 394 g/mol. The Kier molecular flexibility index (Phi) is 5.19. The molecule has 1 aliphatic rings. The molecule has 0 atom stereocenters. The lowest BCUT2D eigenvalue weighted by Gasteiger charge is -2.17. The SMILES string of the molecule is O=C(NCc1cccnc1)c1cc(N2CCN(Cc3ccc(F)cc3)C2=O)n[nH]1. The second-order valence-corrected chi connectivity index (χ2v) is 6.67. The Bertz CT molecular complexity index is 1010. The van der Waals surface area contributed by atoms with Crippen molar-refractivity contribution in [2.24, 2.45) is 0 Å². The van der Waals surface area contributed by atoms with Crippen molar-refractivity contribution in [1.82, 2.24) is 25.4 Å². The number of urea groups is 1. The fraction of sp³-hybridized carbons (Fsp3) is 0.200. The summed E-state index contributed by atoms with van der Waals surface area (Å²) in [6.07, 6.45) is 3.34. The predicted octanol–water partition coefficient (Wildman–Crippen LogP) is 2.32. The quantitative estimate of drug-likeness (QED) is 0.671. The van der Waals surface area contributed by atoms with Crippen molar-refractivity contribution >= 4 is 17.8 Å². The minimum Gasteiger partial charge on any atom is -0.347 e. The Morgan fingerprint density at radius 3 is 2.76 bits per heavy atom. The summed E-state index contributed by atoms with van der Waals surface area (Å²) in [6, 6.07) is 11.1. The molecule has 4 rings (SSSR count). The number of aromatic nitrogens is 3. The van der Waals surface area contributed by atoms with Crippen molar-refractivity contribution in [3.8, 4) is 0 Å². The Labute approximate surface area is 166 Å². The van der Waals surface area contributed by atoms with E-state index in [2.05, 4.69) is 20.5 Å². The van der Waals surface area contributed by atoms with E-state index in [1.54, 1.807) is 41.6 Å². The molecular formula is C20H19FN6O2. The van der Waals surface area contributed by atoms with E-state index in [-0.39, 0.29) is 23.4 Å². The van der Waals surface area contributed by atoms with Gasteiger partial charge in [0.2, 0.25) is 0 Å². The number of hydrogen-bond donors (Lipinski definition) is 2. The zero-order chi connectivity index (χ0) is 20.2.